The number of nitrogens with zero attached hydrogens (tertiary/aromatic N) is 5. The fourth-order valence-electron chi connectivity index (χ4n) is 2.68. The number of rotatable bonds is 2. The molecule has 0 radical (unpaired) electrons. The topological polar surface area (TPSA) is 48.0 Å². The van der Waals surface area contributed by atoms with E-state index in [0.717, 1.165) is 24.4 Å². The molecule has 4 rings (SSSR count). The average Bonchev–Trinajstić information content (AvgIpc) is 3.33. The lowest BCUT2D eigenvalue weighted by atomic mass is 10.2. The Balaban J connectivity index is 1.94. The first kappa shape index (κ1) is 14.6. The third kappa shape index (κ3) is 2.38. The van der Waals surface area contributed by atoms with E-state index in [-0.39, 0.29) is 11.6 Å². The first-order valence-electron chi connectivity index (χ1n) is 7.27. The van der Waals surface area contributed by atoms with Crippen molar-refractivity contribution >= 4 is 16.7 Å². The van der Waals surface area contributed by atoms with Crippen molar-refractivity contribution in [1.29, 1.82) is 0 Å². The predicted molar refractivity (Wildman–Crippen MR) is 80.3 cm³/mol. The maximum Gasteiger partial charge on any atom is 0.435 e. The van der Waals surface area contributed by atoms with Crippen LogP contribution < -0.4 is 0 Å². The molecule has 1 aliphatic rings. The molecule has 1 fully saturated rings. The molecule has 0 unspecified atom stereocenters. The van der Waals surface area contributed by atoms with Crippen molar-refractivity contribution in [2.75, 3.05) is 0 Å². The van der Waals surface area contributed by atoms with Crippen LogP contribution in [0.4, 0.5) is 18.9 Å². The van der Waals surface area contributed by atoms with Crippen molar-refractivity contribution in [3.63, 3.8) is 0 Å². The maximum atomic E-state index is 12.9. The van der Waals surface area contributed by atoms with Crippen LogP contribution in [-0.4, -0.2) is 19.7 Å². The van der Waals surface area contributed by atoms with E-state index in [0.29, 0.717) is 17.0 Å². The summed E-state index contributed by atoms with van der Waals surface area (Å²) in [5.41, 5.74) is 1.10. The van der Waals surface area contributed by atoms with Gasteiger partial charge in [-0.3, -0.25) is 0 Å². The van der Waals surface area contributed by atoms with Gasteiger partial charge in [0.2, 0.25) is 0 Å². The molecule has 24 heavy (non-hydrogen) atoms. The predicted octanol–water partition coefficient (Wildman–Crippen LogP) is 4.40. The van der Waals surface area contributed by atoms with Gasteiger partial charge in [0.1, 0.15) is 5.82 Å². The Morgan fingerprint density at radius 1 is 1.21 bits per heavy atom. The van der Waals surface area contributed by atoms with Crippen LogP contribution in [0.5, 0.6) is 0 Å². The van der Waals surface area contributed by atoms with Crippen molar-refractivity contribution in [1.82, 2.24) is 19.7 Å². The molecule has 1 saturated carbocycles. The summed E-state index contributed by atoms with van der Waals surface area (Å²) in [5, 5.41) is 6.64. The highest BCUT2D eigenvalue weighted by atomic mass is 19.4. The lowest BCUT2D eigenvalue weighted by molar-refractivity contribution is -0.141. The molecule has 0 bridgehead atoms. The molecule has 0 aliphatic heterocycles. The molecule has 0 amide bonds. The molecule has 0 spiro atoms. The van der Waals surface area contributed by atoms with Gasteiger partial charge in [0.15, 0.2) is 11.4 Å². The van der Waals surface area contributed by atoms with Crippen LogP contribution in [0.2, 0.25) is 0 Å². The zero-order valence-corrected chi connectivity index (χ0v) is 12.2. The number of benzene rings is 1. The van der Waals surface area contributed by atoms with Gasteiger partial charge in [-0.1, -0.05) is 6.07 Å². The van der Waals surface area contributed by atoms with E-state index in [4.69, 9.17) is 6.57 Å². The summed E-state index contributed by atoms with van der Waals surface area (Å²) >= 11 is 0. The largest absolute Gasteiger partial charge is 0.435 e. The lowest BCUT2D eigenvalue weighted by Gasteiger charge is -2.09. The molecule has 0 atom stereocenters. The van der Waals surface area contributed by atoms with Crippen molar-refractivity contribution in [2.24, 2.45) is 0 Å². The second-order valence-electron chi connectivity index (χ2n) is 5.65. The molecular weight excluding hydrogens is 319 g/mol. The van der Waals surface area contributed by atoms with E-state index in [2.05, 4.69) is 20.0 Å². The van der Waals surface area contributed by atoms with E-state index < -0.39 is 11.9 Å². The molecule has 3 aromatic rings. The number of imidazole rings is 1. The summed E-state index contributed by atoms with van der Waals surface area (Å²) in [6.07, 6.45) is -1.40. The minimum Gasteiger partial charge on any atom is -0.322 e. The van der Waals surface area contributed by atoms with Crippen molar-refractivity contribution in [3.8, 4) is 11.4 Å². The van der Waals surface area contributed by atoms with Gasteiger partial charge in [0.05, 0.1) is 23.8 Å². The maximum absolute atomic E-state index is 12.9. The molecule has 0 saturated heterocycles. The number of alkyl halides is 3. The Hall–Kier alpha value is -2.95. The molecule has 120 valence electrons. The molecule has 0 N–H and O–H groups in total. The second kappa shape index (κ2) is 5.03. The molecule has 1 aromatic carbocycles. The summed E-state index contributed by atoms with van der Waals surface area (Å²) in [6, 6.07) is 6.23. The monoisotopic (exact) mass is 329 g/mol. The molecule has 1 aliphatic carbocycles. The Kier molecular flexibility index (Phi) is 3.06. The van der Waals surface area contributed by atoms with Crippen molar-refractivity contribution in [3.05, 3.63) is 47.6 Å². The van der Waals surface area contributed by atoms with Gasteiger partial charge in [-0.15, -0.1) is 5.10 Å². The van der Waals surface area contributed by atoms with Crippen LogP contribution in [0, 0.1) is 6.57 Å². The van der Waals surface area contributed by atoms with Gasteiger partial charge in [-0.2, -0.15) is 18.3 Å². The third-order valence-corrected chi connectivity index (χ3v) is 3.92. The Morgan fingerprint density at radius 2 is 2.00 bits per heavy atom. The fraction of sp³-hybridized carbons (Fsp3) is 0.250. The summed E-state index contributed by atoms with van der Waals surface area (Å²) in [6.45, 7) is 7.13. The zero-order chi connectivity index (χ0) is 16.9. The van der Waals surface area contributed by atoms with Gasteiger partial charge in [-0.05, 0) is 31.0 Å². The molecule has 8 heteroatoms. The average molecular weight is 329 g/mol. The van der Waals surface area contributed by atoms with Crippen LogP contribution in [0.15, 0.2) is 30.5 Å². The summed E-state index contributed by atoms with van der Waals surface area (Å²) < 4.78 is 40.6. The standard InChI is InChI=1S/C16H10F3N5/c1-20-10-2-5-12-13(7-10)24(11-3-4-11)15(22-12)9-6-14(16(17,18)19)23-21-8-9/h2,5-8,11H,3-4H2. The number of aromatic nitrogens is 4. The van der Waals surface area contributed by atoms with Crippen LogP contribution in [0.3, 0.4) is 0 Å². The highest BCUT2D eigenvalue weighted by molar-refractivity contribution is 5.84. The van der Waals surface area contributed by atoms with Crippen LogP contribution in [-0.2, 0) is 6.18 Å². The SMILES string of the molecule is [C-]#[N+]c1ccc2nc(-c3cnnc(C(F)(F)F)c3)n(C3CC3)c2c1. The third-order valence-electron chi connectivity index (χ3n) is 3.92. The normalized spacial score (nSPS) is 14.8. The van der Waals surface area contributed by atoms with Gasteiger partial charge >= 0.3 is 6.18 Å². The molecule has 2 heterocycles. The quantitative estimate of drug-likeness (QED) is 0.655. The molecule has 2 aromatic heterocycles. The van der Waals surface area contributed by atoms with Crippen LogP contribution in [0.25, 0.3) is 27.3 Å². The molecule has 5 nitrogen and oxygen atoms in total. The second-order valence-corrected chi connectivity index (χ2v) is 5.65. The highest BCUT2D eigenvalue weighted by Gasteiger charge is 2.34. The Labute approximate surface area is 134 Å². The number of hydrogen-bond donors (Lipinski definition) is 0. The van der Waals surface area contributed by atoms with Crippen molar-refractivity contribution in [2.45, 2.75) is 25.1 Å². The number of hydrogen-bond acceptors (Lipinski definition) is 3. The van der Waals surface area contributed by atoms with E-state index in [1.807, 2.05) is 4.57 Å². The fourth-order valence-corrected chi connectivity index (χ4v) is 2.68. The smallest absolute Gasteiger partial charge is 0.322 e. The first-order chi connectivity index (χ1) is 11.5. The minimum absolute atomic E-state index is 0.188. The van der Waals surface area contributed by atoms with Gasteiger partial charge in [0, 0.05) is 11.6 Å². The number of halogens is 3. The summed E-state index contributed by atoms with van der Waals surface area (Å²) in [5.74, 6) is 0.426. The lowest BCUT2D eigenvalue weighted by Crippen LogP contribution is -2.09. The Morgan fingerprint density at radius 3 is 2.67 bits per heavy atom. The van der Waals surface area contributed by atoms with E-state index in [9.17, 15) is 13.2 Å². The van der Waals surface area contributed by atoms with Crippen LogP contribution in [0.1, 0.15) is 24.6 Å². The first-order valence-corrected chi connectivity index (χ1v) is 7.27. The molecular formula is C16H10F3N5. The number of fused-ring (bicyclic) bond motifs is 1. The minimum atomic E-state index is -4.56. The van der Waals surface area contributed by atoms with Gasteiger partial charge < -0.3 is 4.57 Å². The van der Waals surface area contributed by atoms with E-state index in [1.54, 1.807) is 18.2 Å². The van der Waals surface area contributed by atoms with E-state index >= 15 is 0 Å². The zero-order valence-electron chi connectivity index (χ0n) is 12.2. The summed E-state index contributed by atoms with van der Waals surface area (Å²) in [7, 11) is 0. The summed E-state index contributed by atoms with van der Waals surface area (Å²) in [4.78, 5) is 7.88. The van der Waals surface area contributed by atoms with Gasteiger partial charge in [0.25, 0.3) is 0 Å². The van der Waals surface area contributed by atoms with E-state index in [1.165, 1.54) is 6.20 Å². The Bertz CT molecular complexity index is 980. The van der Waals surface area contributed by atoms with Crippen molar-refractivity contribution < 1.29 is 13.2 Å². The highest BCUT2D eigenvalue weighted by Crippen LogP contribution is 2.42. The van der Waals surface area contributed by atoms with Gasteiger partial charge in [-0.25, -0.2) is 9.83 Å². The van der Waals surface area contributed by atoms with Crippen LogP contribution >= 0.6 is 0 Å².